The summed E-state index contributed by atoms with van der Waals surface area (Å²) in [7, 11) is 1.78. The van der Waals surface area contributed by atoms with Crippen LogP contribution in [0.25, 0.3) is 0 Å². The smallest absolute Gasteiger partial charge is 0.0281 e. The summed E-state index contributed by atoms with van der Waals surface area (Å²) in [5.41, 5.74) is 2.45. The van der Waals surface area contributed by atoms with Crippen molar-refractivity contribution in [2.75, 3.05) is 7.05 Å². The molecule has 1 nitrogen and oxygen atoms in total. The van der Waals surface area contributed by atoms with E-state index in [1.165, 1.54) is 5.56 Å². The van der Waals surface area contributed by atoms with Crippen LogP contribution in [0.3, 0.4) is 0 Å². The first-order valence-corrected chi connectivity index (χ1v) is 3.32. The Morgan fingerprint density at radius 1 is 1.20 bits per heavy atom. The number of hydrogen-bond donors (Lipinski definition) is 0. The fraction of sp³-hybridized carbons (Fsp3) is 0.222. The molecule has 0 aliphatic heterocycles. The molecule has 1 aromatic carbocycles. The van der Waals surface area contributed by atoms with Crippen molar-refractivity contribution in [3.8, 4) is 0 Å². The van der Waals surface area contributed by atoms with E-state index in [1.54, 1.807) is 7.05 Å². The van der Waals surface area contributed by atoms with Crippen molar-refractivity contribution in [2.45, 2.75) is 6.92 Å². The maximum Gasteiger partial charge on any atom is 0.0281 e. The Labute approximate surface area is 61.4 Å². The van der Waals surface area contributed by atoms with Crippen molar-refractivity contribution in [3.63, 3.8) is 0 Å². The zero-order chi connectivity index (χ0) is 7.40. The van der Waals surface area contributed by atoms with Gasteiger partial charge in [0.05, 0.1) is 0 Å². The van der Waals surface area contributed by atoms with E-state index >= 15 is 0 Å². The van der Waals surface area contributed by atoms with Gasteiger partial charge in [0.15, 0.2) is 0 Å². The van der Waals surface area contributed by atoms with E-state index in [0.717, 1.165) is 5.56 Å². The average Bonchev–Trinajstić information content (AvgIpc) is 1.95. The van der Waals surface area contributed by atoms with Gasteiger partial charge in [-0.2, -0.15) is 0 Å². The van der Waals surface area contributed by atoms with E-state index in [4.69, 9.17) is 0 Å². The van der Waals surface area contributed by atoms with Gasteiger partial charge in [0.25, 0.3) is 0 Å². The van der Waals surface area contributed by atoms with Crippen molar-refractivity contribution in [2.24, 2.45) is 4.99 Å². The molecule has 0 unspecified atom stereocenters. The second kappa shape index (κ2) is 3.16. The number of benzene rings is 1. The molecule has 0 aliphatic carbocycles. The van der Waals surface area contributed by atoms with Crippen molar-refractivity contribution in [3.05, 3.63) is 35.4 Å². The molecule has 0 heterocycles. The first-order chi connectivity index (χ1) is 4.83. The van der Waals surface area contributed by atoms with Gasteiger partial charge >= 0.3 is 0 Å². The van der Waals surface area contributed by atoms with Gasteiger partial charge in [-0.05, 0) is 12.5 Å². The van der Waals surface area contributed by atoms with Crippen molar-refractivity contribution < 1.29 is 0 Å². The second-order valence-corrected chi connectivity index (χ2v) is 2.30. The number of hydrogen-bond acceptors (Lipinski definition) is 1. The highest BCUT2D eigenvalue weighted by atomic mass is 14.6. The Bertz CT molecular complexity index is 221. The molecule has 0 saturated carbocycles. The lowest BCUT2D eigenvalue weighted by atomic mass is 10.2. The Hall–Kier alpha value is -1.11. The van der Waals surface area contributed by atoms with Gasteiger partial charge in [0.1, 0.15) is 0 Å². The van der Waals surface area contributed by atoms with Crippen LogP contribution in [-0.4, -0.2) is 13.3 Å². The molecule has 0 fully saturated rings. The van der Waals surface area contributed by atoms with Crippen LogP contribution in [0.2, 0.25) is 0 Å². The highest BCUT2D eigenvalue weighted by molar-refractivity contribution is 5.79. The molecule has 0 spiro atoms. The fourth-order valence-electron chi connectivity index (χ4n) is 0.802. The summed E-state index contributed by atoms with van der Waals surface area (Å²) in [5.74, 6) is 0. The highest BCUT2D eigenvalue weighted by Gasteiger charge is 1.84. The Kier molecular flexibility index (Phi) is 2.21. The third kappa shape index (κ3) is 1.69. The molecule has 0 N–H and O–H groups in total. The van der Waals surface area contributed by atoms with E-state index in [0.29, 0.717) is 0 Å². The SMILES string of the molecule is CN=Cc1ccc(C)cc1. The number of aryl methyl sites for hydroxylation is 1. The lowest BCUT2D eigenvalue weighted by molar-refractivity contribution is 1.44. The summed E-state index contributed by atoms with van der Waals surface area (Å²) in [6, 6.07) is 8.28. The zero-order valence-electron chi connectivity index (χ0n) is 6.33. The summed E-state index contributed by atoms with van der Waals surface area (Å²) >= 11 is 0. The largest absolute Gasteiger partial charge is 0.296 e. The summed E-state index contributed by atoms with van der Waals surface area (Å²) in [6.45, 7) is 2.08. The molecule has 0 aliphatic rings. The first-order valence-electron chi connectivity index (χ1n) is 3.32. The van der Waals surface area contributed by atoms with Gasteiger partial charge in [0.2, 0.25) is 0 Å². The third-order valence-corrected chi connectivity index (χ3v) is 1.36. The Balaban J connectivity index is 2.89. The molecule has 0 radical (unpaired) electrons. The van der Waals surface area contributed by atoms with Crippen LogP contribution in [0.1, 0.15) is 11.1 Å². The highest BCUT2D eigenvalue weighted by Crippen LogP contribution is 1.99. The lowest BCUT2D eigenvalue weighted by Crippen LogP contribution is -1.79. The summed E-state index contributed by atoms with van der Waals surface area (Å²) in [6.07, 6.45) is 1.85. The van der Waals surface area contributed by atoms with Crippen molar-refractivity contribution in [1.29, 1.82) is 0 Å². The van der Waals surface area contributed by atoms with Crippen LogP contribution in [-0.2, 0) is 0 Å². The minimum absolute atomic E-state index is 1.16. The summed E-state index contributed by atoms with van der Waals surface area (Å²) in [4.78, 5) is 3.91. The summed E-state index contributed by atoms with van der Waals surface area (Å²) < 4.78 is 0. The number of aliphatic imine (C=N–C) groups is 1. The van der Waals surface area contributed by atoms with E-state index in [-0.39, 0.29) is 0 Å². The molecule has 52 valence electrons. The zero-order valence-corrected chi connectivity index (χ0v) is 6.33. The van der Waals surface area contributed by atoms with Gasteiger partial charge in [-0.1, -0.05) is 29.8 Å². The minimum atomic E-state index is 1.16. The van der Waals surface area contributed by atoms with Crippen LogP contribution in [0, 0.1) is 6.92 Å². The van der Waals surface area contributed by atoms with Gasteiger partial charge in [-0.3, -0.25) is 4.99 Å². The maximum absolute atomic E-state index is 3.91. The molecule has 1 rings (SSSR count). The molecule has 0 aromatic heterocycles. The number of rotatable bonds is 1. The molecule has 0 bridgehead atoms. The third-order valence-electron chi connectivity index (χ3n) is 1.36. The second-order valence-electron chi connectivity index (χ2n) is 2.30. The van der Waals surface area contributed by atoms with E-state index < -0.39 is 0 Å². The monoisotopic (exact) mass is 133 g/mol. The van der Waals surface area contributed by atoms with Crippen LogP contribution < -0.4 is 0 Å². The van der Waals surface area contributed by atoms with Gasteiger partial charge in [-0.15, -0.1) is 0 Å². The van der Waals surface area contributed by atoms with Crippen molar-refractivity contribution in [1.82, 2.24) is 0 Å². The average molecular weight is 133 g/mol. The first kappa shape index (κ1) is 7.00. The molecular formula is C9H11N. The molecule has 1 aromatic rings. The standard InChI is InChI=1S/C9H11N/c1-8-3-5-9(6-4-8)7-10-2/h3-7H,1-2H3. The predicted octanol–water partition coefficient (Wildman–Crippen LogP) is 2.04. The van der Waals surface area contributed by atoms with Gasteiger partial charge < -0.3 is 0 Å². The van der Waals surface area contributed by atoms with E-state index in [1.807, 2.05) is 6.21 Å². The maximum atomic E-state index is 3.91. The van der Waals surface area contributed by atoms with Crippen LogP contribution >= 0.6 is 0 Å². The van der Waals surface area contributed by atoms with Crippen LogP contribution in [0.5, 0.6) is 0 Å². The Morgan fingerprint density at radius 2 is 1.80 bits per heavy atom. The predicted molar refractivity (Wildman–Crippen MR) is 44.7 cm³/mol. The Morgan fingerprint density at radius 3 is 2.30 bits per heavy atom. The molecule has 0 amide bonds. The quantitative estimate of drug-likeness (QED) is 0.520. The van der Waals surface area contributed by atoms with Gasteiger partial charge in [0, 0.05) is 13.3 Å². The van der Waals surface area contributed by atoms with Gasteiger partial charge in [-0.25, -0.2) is 0 Å². The van der Waals surface area contributed by atoms with Crippen molar-refractivity contribution >= 4 is 6.21 Å². The minimum Gasteiger partial charge on any atom is -0.296 e. The molecular weight excluding hydrogens is 122 g/mol. The molecule has 1 heteroatoms. The normalized spacial score (nSPS) is 10.6. The topological polar surface area (TPSA) is 12.4 Å². The summed E-state index contributed by atoms with van der Waals surface area (Å²) in [5, 5.41) is 0. The molecule has 10 heavy (non-hydrogen) atoms. The molecule has 0 atom stereocenters. The van der Waals surface area contributed by atoms with E-state index in [9.17, 15) is 0 Å². The lowest BCUT2D eigenvalue weighted by Gasteiger charge is -1.91. The fourth-order valence-corrected chi connectivity index (χ4v) is 0.802. The van der Waals surface area contributed by atoms with E-state index in [2.05, 4.69) is 36.2 Å². The number of nitrogens with zero attached hydrogens (tertiary/aromatic N) is 1. The van der Waals surface area contributed by atoms with Crippen LogP contribution in [0.4, 0.5) is 0 Å². The van der Waals surface area contributed by atoms with Crippen LogP contribution in [0.15, 0.2) is 29.3 Å². The molecule has 0 saturated heterocycles.